The van der Waals surface area contributed by atoms with Crippen molar-refractivity contribution in [3.63, 3.8) is 0 Å². The molecule has 1 saturated heterocycles. The first-order chi connectivity index (χ1) is 12.4. The molecule has 8 heteroatoms. The molecule has 0 radical (unpaired) electrons. The minimum absolute atomic E-state index is 0.0502. The van der Waals surface area contributed by atoms with Crippen LogP contribution < -0.4 is 10.2 Å². The van der Waals surface area contributed by atoms with Crippen molar-refractivity contribution in [2.24, 2.45) is 0 Å². The van der Waals surface area contributed by atoms with Crippen molar-refractivity contribution >= 4 is 23.5 Å². The van der Waals surface area contributed by atoms with E-state index in [0.717, 1.165) is 0 Å². The number of nitrogens with zero attached hydrogens (tertiary/aromatic N) is 4. The minimum atomic E-state index is -0.384. The van der Waals surface area contributed by atoms with Gasteiger partial charge < -0.3 is 15.1 Å². The summed E-state index contributed by atoms with van der Waals surface area (Å²) < 4.78 is 13.0. The van der Waals surface area contributed by atoms with Crippen LogP contribution in [0.3, 0.4) is 0 Å². The molecular formula is C18H20FN5O2. The molecule has 3 rings (SSSR count). The topological polar surface area (TPSA) is 78.4 Å². The molecule has 1 fully saturated rings. The quantitative estimate of drug-likeness (QED) is 0.907. The van der Waals surface area contributed by atoms with Gasteiger partial charge in [-0.25, -0.2) is 14.4 Å². The molecule has 2 heterocycles. The Kier molecular flexibility index (Phi) is 5.11. The summed E-state index contributed by atoms with van der Waals surface area (Å²) >= 11 is 0. The van der Waals surface area contributed by atoms with Crippen LogP contribution in [0.25, 0.3) is 0 Å². The van der Waals surface area contributed by atoms with Crippen LogP contribution in [0.15, 0.2) is 30.3 Å². The Morgan fingerprint density at radius 2 is 1.73 bits per heavy atom. The highest BCUT2D eigenvalue weighted by atomic mass is 19.1. The Balaban J connectivity index is 1.74. The fraction of sp³-hybridized carbons (Fsp3) is 0.333. The third-order valence-corrected chi connectivity index (χ3v) is 4.18. The zero-order valence-electron chi connectivity index (χ0n) is 14.7. The summed E-state index contributed by atoms with van der Waals surface area (Å²) in [6, 6.07) is 7.14. The molecule has 2 aromatic rings. The Morgan fingerprint density at radius 1 is 1.08 bits per heavy atom. The van der Waals surface area contributed by atoms with Crippen LogP contribution in [-0.4, -0.2) is 52.9 Å². The minimum Gasteiger partial charge on any atom is -0.339 e. The van der Waals surface area contributed by atoms with E-state index in [1.807, 2.05) is 4.90 Å². The maximum atomic E-state index is 13.0. The molecule has 2 amide bonds. The van der Waals surface area contributed by atoms with Gasteiger partial charge in [0.2, 0.25) is 11.9 Å². The molecule has 0 saturated carbocycles. The molecule has 0 spiro atoms. The lowest BCUT2D eigenvalue weighted by molar-refractivity contribution is -0.129. The smallest absolute Gasteiger partial charge is 0.274 e. The van der Waals surface area contributed by atoms with Crippen molar-refractivity contribution in [2.45, 2.75) is 13.8 Å². The van der Waals surface area contributed by atoms with Crippen molar-refractivity contribution in [2.75, 3.05) is 36.4 Å². The first-order valence-electron chi connectivity index (χ1n) is 8.35. The number of amides is 2. The fourth-order valence-electron chi connectivity index (χ4n) is 2.76. The van der Waals surface area contributed by atoms with Gasteiger partial charge in [-0.05, 0) is 37.3 Å². The zero-order valence-corrected chi connectivity index (χ0v) is 14.7. The Hall–Kier alpha value is -3.03. The van der Waals surface area contributed by atoms with Crippen LogP contribution >= 0.6 is 0 Å². The van der Waals surface area contributed by atoms with E-state index in [9.17, 15) is 14.0 Å². The van der Waals surface area contributed by atoms with Gasteiger partial charge in [0, 0.05) is 44.5 Å². The molecule has 1 aromatic heterocycles. The zero-order chi connectivity index (χ0) is 18.7. The molecule has 0 bridgehead atoms. The number of benzene rings is 1. The number of hydrogen-bond donors (Lipinski definition) is 1. The van der Waals surface area contributed by atoms with Crippen LogP contribution in [-0.2, 0) is 4.79 Å². The molecule has 26 heavy (non-hydrogen) atoms. The predicted molar refractivity (Wildman–Crippen MR) is 95.6 cm³/mol. The van der Waals surface area contributed by atoms with Crippen molar-refractivity contribution in [1.82, 2.24) is 14.9 Å². The molecule has 0 atom stereocenters. The van der Waals surface area contributed by atoms with E-state index in [1.54, 1.807) is 24.8 Å². The predicted octanol–water partition coefficient (Wildman–Crippen LogP) is 1.84. The number of hydrogen-bond acceptors (Lipinski definition) is 5. The molecule has 1 N–H and O–H groups in total. The number of rotatable bonds is 3. The molecule has 1 aliphatic rings. The van der Waals surface area contributed by atoms with Gasteiger partial charge in [0.15, 0.2) is 0 Å². The van der Waals surface area contributed by atoms with Crippen molar-refractivity contribution in [3.05, 3.63) is 47.5 Å². The van der Waals surface area contributed by atoms with E-state index in [1.165, 1.54) is 24.3 Å². The summed E-state index contributed by atoms with van der Waals surface area (Å²) in [5.74, 6) is -0.231. The number of halogens is 1. The van der Waals surface area contributed by atoms with Gasteiger partial charge >= 0.3 is 0 Å². The van der Waals surface area contributed by atoms with E-state index in [2.05, 4.69) is 15.3 Å². The molecule has 0 unspecified atom stereocenters. The fourth-order valence-corrected chi connectivity index (χ4v) is 2.76. The van der Waals surface area contributed by atoms with E-state index in [0.29, 0.717) is 43.5 Å². The normalized spacial score (nSPS) is 14.3. The van der Waals surface area contributed by atoms with Crippen LogP contribution in [0.2, 0.25) is 0 Å². The van der Waals surface area contributed by atoms with Gasteiger partial charge in [0.25, 0.3) is 5.91 Å². The lowest BCUT2D eigenvalue weighted by Gasteiger charge is -2.34. The van der Waals surface area contributed by atoms with E-state index in [4.69, 9.17) is 0 Å². The molecular weight excluding hydrogens is 337 g/mol. The SMILES string of the molecule is CC(=O)N1CCN(c2nc(C)cc(C(=O)Nc3ccc(F)cc3)n2)CC1. The summed E-state index contributed by atoms with van der Waals surface area (Å²) in [4.78, 5) is 36.4. The number of piperazine rings is 1. The molecule has 7 nitrogen and oxygen atoms in total. The van der Waals surface area contributed by atoms with Crippen LogP contribution in [0.5, 0.6) is 0 Å². The van der Waals surface area contributed by atoms with Crippen molar-refractivity contribution in [3.8, 4) is 0 Å². The lowest BCUT2D eigenvalue weighted by Crippen LogP contribution is -2.48. The van der Waals surface area contributed by atoms with Crippen LogP contribution in [0.4, 0.5) is 16.0 Å². The average molecular weight is 357 g/mol. The van der Waals surface area contributed by atoms with Gasteiger partial charge in [-0.15, -0.1) is 0 Å². The Labute approximate surface area is 150 Å². The van der Waals surface area contributed by atoms with E-state index in [-0.39, 0.29) is 23.3 Å². The van der Waals surface area contributed by atoms with Gasteiger partial charge in [0.1, 0.15) is 11.5 Å². The highest BCUT2D eigenvalue weighted by molar-refractivity contribution is 6.03. The monoisotopic (exact) mass is 357 g/mol. The second-order valence-electron chi connectivity index (χ2n) is 6.15. The average Bonchev–Trinajstić information content (AvgIpc) is 2.63. The highest BCUT2D eigenvalue weighted by Crippen LogP contribution is 2.15. The first-order valence-corrected chi connectivity index (χ1v) is 8.35. The number of aryl methyl sites for hydroxylation is 1. The third-order valence-electron chi connectivity index (χ3n) is 4.18. The first kappa shape index (κ1) is 17.8. The summed E-state index contributed by atoms with van der Waals surface area (Å²) in [5, 5.41) is 2.70. The van der Waals surface area contributed by atoms with Gasteiger partial charge in [0.05, 0.1) is 0 Å². The number of aromatic nitrogens is 2. The van der Waals surface area contributed by atoms with Gasteiger partial charge in [-0.3, -0.25) is 9.59 Å². The van der Waals surface area contributed by atoms with Crippen LogP contribution in [0, 0.1) is 12.7 Å². The van der Waals surface area contributed by atoms with E-state index < -0.39 is 0 Å². The maximum Gasteiger partial charge on any atom is 0.274 e. The van der Waals surface area contributed by atoms with E-state index >= 15 is 0 Å². The number of nitrogens with one attached hydrogen (secondary N) is 1. The number of anilines is 2. The summed E-state index contributed by atoms with van der Waals surface area (Å²) in [5.41, 5.74) is 1.41. The van der Waals surface area contributed by atoms with Crippen molar-refractivity contribution < 1.29 is 14.0 Å². The van der Waals surface area contributed by atoms with Crippen LogP contribution in [0.1, 0.15) is 23.1 Å². The maximum absolute atomic E-state index is 13.0. The summed E-state index contributed by atoms with van der Waals surface area (Å²) in [7, 11) is 0. The summed E-state index contributed by atoms with van der Waals surface area (Å²) in [6.45, 7) is 5.78. The Bertz CT molecular complexity index is 817. The largest absolute Gasteiger partial charge is 0.339 e. The van der Waals surface area contributed by atoms with Gasteiger partial charge in [-0.1, -0.05) is 0 Å². The Morgan fingerprint density at radius 3 is 2.35 bits per heavy atom. The molecule has 1 aromatic carbocycles. The second-order valence-corrected chi connectivity index (χ2v) is 6.15. The summed E-state index contributed by atoms with van der Waals surface area (Å²) in [6.07, 6.45) is 0. The second kappa shape index (κ2) is 7.47. The lowest BCUT2D eigenvalue weighted by atomic mass is 10.2. The highest BCUT2D eigenvalue weighted by Gasteiger charge is 2.22. The standard InChI is InChI=1S/C18H20FN5O2/c1-12-11-16(17(26)21-15-5-3-14(19)4-6-15)22-18(20-12)24-9-7-23(8-10-24)13(2)25/h3-6,11H,7-10H2,1-2H3,(H,21,26). The molecule has 136 valence electrons. The number of carbonyl (C=O) groups excluding carboxylic acids is 2. The number of carbonyl (C=O) groups is 2. The molecule has 1 aliphatic heterocycles. The third kappa shape index (κ3) is 4.14. The van der Waals surface area contributed by atoms with Crippen molar-refractivity contribution in [1.29, 1.82) is 0 Å². The molecule has 0 aliphatic carbocycles. The van der Waals surface area contributed by atoms with Gasteiger partial charge in [-0.2, -0.15) is 0 Å².